The van der Waals surface area contributed by atoms with Crippen molar-refractivity contribution in [3.63, 3.8) is 0 Å². The lowest BCUT2D eigenvalue weighted by Crippen LogP contribution is -2.05. The van der Waals surface area contributed by atoms with Crippen molar-refractivity contribution in [3.8, 4) is 0 Å². The van der Waals surface area contributed by atoms with Crippen molar-refractivity contribution in [1.82, 2.24) is 4.98 Å². The zero-order valence-electron chi connectivity index (χ0n) is 8.53. The summed E-state index contributed by atoms with van der Waals surface area (Å²) in [6.45, 7) is 0. The number of aromatic nitrogens is 1. The number of esters is 1. The molecule has 1 heterocycles. The first-order valence-corrected chi connectivity index (χ1v) is 4.93. The number of anilines is 1. The molecule has 0 aliphatic carbocycles. The summed E-state index contributed by atoms with van der Waals surface area (Å²) in [6.07, 6.45) is 0. The molecular formula is C11H9ClN2O2. The third-order valence-electron chi connectivity index (χ3n) is 2.20. The van der Waals surface area contributed by atoms with Crippen LogP contribution in [0.1, 0.15) is 10.5 Å². The Morgan fingerprint density at radius 3 is 2.88 bits per heavy atom. The van der Waals surface area contributed by atoms with E-state index in [0.717, 1.165) is 5.39 Å². The van der Waals surface area contributed by atoms with Crippen LogP contribution in [-0.4, -0.2) is 18.1 Å². The van der Waals surface area contributed by atoms with Gasteiger partial charge in [-0.3, -0.25) is 0 Å². The van der Waals surface area contributed by atoms with E-state index >= 15 is 0 Å². The number of carbonyl (C=O) groups excluding carboxylic acids is 1. The normalized spacial score (nSPS) is 10.4. The maximum absolute atomic E-state index is 11.3. The summed E-state index contributed by atoms with van der Waals surface area (Å²) in [5, 5.41) is 1.30. The van der Waals surface area contributed by atoms with Crippen LogP contribution < -0.4 is 5.73 Å². The number of halogens is 1. The van der Waals surface area contributed by atoms with Gasteiger partial charge in [-0.1, -0.05) is 11.6 Å². The predicted octanol–water partition coefficient (Wildman–Crippen LogP) is 2.26. The number of fused-ring (bicyclic) bond motifs is 1. The molecule has 0 atom stereocenters. The Labute approximate surface area is 97.0 Å². The van der Waals surface area contributed by atoms with Crippen LogP contribution in [0.2, 0.25) is 5.02 Å². The monoisotopic (exact) mass is 236 g/mol. The van der Waals surface area contributed by atoms with E-state index in [4.69, 9.17) is 17.3 Å². The van der Waals surface area contributed by atoms with Gasteiger partial charge in [0.1, 0.15) is 0 Å². The molecule has 0 fully saturated rings. The van der Waals surface area contributed by atoms with Crippen molar-refractivity contribution in [1.29, 1.82) is 0 Å². The van der Waals surface area contributed by atoms with Gasteiger partial charge in [0.2, 0.25) is 0 Å². The van der Waals surface area contributed by atoms with Crippen LogP contribution in [0.4, 0.5) is 5.69 Å². The predicted molar refractivity (Wildman–Crippen MR) is 62.5 cm³/mol. The van der Waals surface area contributed by atoms with E-state index in [-0.39, 0.29) is 5.69 Å². The average molecular weight is 237 g/mol. The van der Waals surface area contributed by atoms with E-state index in [9.17, 15) is 4.79 Å². The van der Waals surface area contributed by atoms with Crippen LogP contribution in [0.15, 0.2) is 24.3 Å². The summed E-state index contributed by atoms with van der Waals surface area (Å²) >= 11 is 5.85. The number of nitrogens with zero attached hydrogens (tertiary/aromatic N) is 1. The van der Waals surface area contributed by atoms with E-state index in [1.807, 2.05) is 0 Å². The molecule has 4 nitrogen and oxygen atoms in total. The van der Waals surface area contributed by atoms with Gasteiger partial charge in [-0.05, 0) is 24.3 Å². The molecule has 16 heavy (non-hydrogen) atoms. The number of carbonyl (C=O) groups is 1. The molecule has 5 heteroatoms. The number of nitrogen functional groups attached to an aromatic ring is 1. The van der Waals surface area contributed by atoms with Crippen LogP contribution >= 0.6 is 11.6 Å². The molecule has 0 saturated carbocycles. The van der Waals surface area contributed by atoms with E-state index in [1.165, 1.54) is 13.2 Å². The third kappa shape index (κ3) is 1.79. The number of hydrogen-bond donors (Lipinski definition) is 1. The Morgan fingerprint density at radius 1 is 1.44 bits per heavy atom. The maximum Gasteiger partial charge on any atom is 0.356 e. The van der Waals surface area contributed by atoms with Gasteiger partial charge in [0, 0.05) is 16.1 Å². The highest BCUT2D eigenvalue weighted by atomic mass is 35.5. The molecule has 0 spiro atoms. The molecule has 0 unspecified atom stereocenters. The molecule has 82 valence electrons. The van der Waals surface area contributed by atoms with Crippen LogP contribution in [0, 0.1) is 0 Å². The summed E-state index contributed by atoms with van der Waals surface area (Å²) in [4.78, 5) is 15.4. The van der Waals surface area contributed by atoms with Crippen molar-refractivity contribution in [2.24, 2.45) is 0 Å². The standard InChI is InChI=1S/C11H9ClN2O2/c1-16-11(15)10-5-8(13)7-4-6(12)2-3-9(7)14-10/h2-5H,1H3,(H2,13,14). The lowest BCUT2D eigenvalue weighted by Gasteiger charge is -2.05. The summed E-state index contributed by atoms with van der Waals surface area (Å²) in [5.41, 5.74) is 7.07. The number of hydrogen-bond acceptors (Lipinski definition) is 4. The first-order chi connectivity index (χ1) is 7.61. The third-order valence-corrected chi connectivity index (χ3v) is 2.43. The highest BCUT2D eigenvalue weighted by molar-refractivity contribution is 6.31. The average Bonchev–Trinajstić information content (AvgIpc) is 2.28. The summed E-state index contributed by atoms with van der Waals surface area (Å²) in [7, 11) is 1.30. The van der Waals surface area contributed by atoms with Crippen LogP contribution in [0.25, 0.3) is 10.9 Å². The first kappa shape index (κ1) is 10.7. The fraction of sp³-hybridized carbons (Fsp3) is 0.0909. The van der Waals surface area contributed by atoms with Crippen molar-refractivity contribution >= 4 is 34.2 Å². The highest BCUT2D eigenvalue weighted by Gasteiger charge is 2.10. The lowest BCUT2D eigenvalue weighted by atomic mass is 10.1. The molecule has 0 aliphatic heterocycles. The molecule has 0 amide bonds. The minimum absolute atomic E-state index is 0.190. The van der Waals surface area contributed by atoms with Gasteiger partial charge in [-0.2, -0.15) is 0 Å². The minimum Gasteiger partial charge on any atom is -0.464 e. The Hall–Kier alpha value is -1.81. The first-order valence-electron chi connectivity index (χ1n) is 4.56. The fourth-order valence-electron chi connectivity index (χ4n) is 1.43. The minimum atomic E-state index is -0.511. The summed E-state index contributed by atoms with van der Waals surface area (Å²) in [5.74, 6) is -0.511. The molecule has 0 bridgehead atoms. The smallest absolute Gasteiger partial charge is 0.356 e. The number of methoxy groups -OCH3 is 1. The molecule has 1 aromatic carbocycles. The molecule has 0 radical (unpaired) electrons. The molecule has 2 aromatic rings. The topological polar surface area (TPSA) is 65.2 Å². The van der Waals surface area contributed by atoms with Gasteiger partial charge >= 0.3 is 5.97 Å². The quantitative estimate of drug-likeness (QED) is 0.772. The van der Waals surface area contributed by atoms with Crippen LogP contribution in [-0.2, 0) is 4.74 Å². The Bertz CT molecular complexity index is 569. The molecule has 2 rings (SSSR count). The number of pyridine rings is 1. The van der Waals surface area contributed by atoms with Crippen LogP contribution in [0.3, 0.4) is 0 Å². The summed E-state index contributed by atoms with van der Waals surface area (Å²) < 4.78 is 4.58. The molecule has 0 saturated heterocycles. The van der Waals surface area contributed by atoms with E-state index in [0.29, 0.717) is 16.2 Å². The van der Waals surface area contributed by atoms with E-state index in [2.05, 4.69) is 9.72 Å². The van der Waals surface area contributed by atoms with Gasteiger partial charge in [0.15, 0.2) is 5.69 Å². The second-order valence-electron chi connectivity index (χ2n) is 3.25. The second kappa shape index (κ2) is 3.98. The SMILES string of the molecule is COC(=O)c1cc(N)c2cc(Cl)ccc2n1. The van der Waals surface area contributed by atoms with Crippen molar-refractivity contribution in [3.05, 3.63) is 35.0 Å². The molecule has 2 N–H and O–H groups in total. The van der Waals surface area contributed by atoms with Gasteiger partial charge in [-0.15, -0.1) is 0 Å². The number of rotatable bonds is 1. The van der Waals surface area contributed by atoms with E-state index in [1.54, 1.807) is 18.2 Å². The molecule has 0 aliphatic rings. The zero-order valence-corrected chi connectivity index (χ0v) is 9.28. The van der Waals surface area contributed by atoms with Crippen LogP contribution in [0.5, 0.6) is 0 Å². The summed E-state index contributed by atoms with van der Waals surface area (Å²) in [6, 6.07) is 6.59. The maximum atomic E-state index is 11.3. The highest BCUT2D eigenvalue weighted by Crippen LogP contribution is 2.24. The van der Waals surface area contributed by atoms with E-state index < -0.39 is 5.97 Å². The molecule has 1 aromatic heterocycles. The zero-order chi connectivity index (χ0) is 11.7. The van der Waals surface area contributed by atoms with Crippen molar-refractivity contribution in [2.75, 3.05) is 12.8 Å². The number of benzene rings is 1. The number of ether oxygens (including phenoxy) is 1. The largest absolute Gasteiger partial charge is 0.464 e. The Morgan fingerprint density at radius 2 is 2.19 bits per heavy atom. The lowest BCUT2D eigenvalue weighted by molar-refractivity contribution is 0.0594. The van der Waals surface area contributed by atoms with Gasteiger partial charge in [-0.25, -0.2) is 9.78 Å². The van der Waals surface area contributed by atoms with Gasteiger partial charge in [0.25, 0.3) is 0 Å². The second-order valence-corrected chi connectivity index (χ2v) is 3.69. The Balaban J connectivity index is 2.68. The van der Waals surface area contributed by atoms with Gasteiger partial charge in [0.05, 0.1) is 12.6 Å². The Kier molecular flexibility index (Phi) is 2.66. The van der Waals surface area contributed by atoms with Gasteiger partial charge < -0.3 is 10.5 Å². The van der Waals surface area contributed by atoms with Crippen molar-refractivity contribution < 1.29 is 9.53 Å². The molecular weight excluding hydrogens is 228 g/mol. The number of nitrogens with two attached hydrogens (primary N) is 1. The van der Waals surface area contributed by atoms with Crippen molar-refractivity contribution in [2.45, 2.75) is 0 Å². The fourth-order valence-corrected chi connectivity index (χ4v) is 1.61.